The number of rotatable bonds is 5. The normalized spacial score (nSPS) is 26.9. The first-order chi connectivity index (χ1) is 8.04. The molecule has 0 aromatic heterocycles. The van der Waals surface area contributed by atoms with Gasteiger partial charge in [0.25, 0.3) is 0 Å². The lowest BCUT2D eigenvalue weighted by atomic mass is 9.78. The molecule has 3 nitrogen and oxygen atoms in total. The fourth-order valence-corrected chi connectivity index (χ4v) is 2.80. The van der Waals surface area contributed by atoms with E-state index in [9.17, 15) is 4.79 Å². The summed E-state index contributed by atoms with van der Waals surface area (Å²) in [6, 6.07) is 0.390. The van der Waals surface area contributed by atoms with E-state index in [0.29, 0.717) is 30.8 Å². The summed E-state index contributed by atoms with van der Waals surface area (Å²) in [7, 11) is 0. The largest absolute Gasteiger partial charge is 0.353 e. The molecule has 3 unspecified atom stereocenters. The van der Waals surface area contributed by atoms with Crippen LogP contribution >= 0.6 is 0 Å². The first kappa shape index (κ1) is 14.5. The van der Waals surface area contributed by atoms with Crippen LogP contribution in [0.2, 0.25) is 0 Å². The van der Waals surface area contributed by atoms with Crippen molar-refractivity contribution in [1.29, 1.82) is 0 Å². The Balaban J connectivity index is 2.44. The molecule has 100 valence electrons. The van der Waals surface area contributed by atoms with Gasteiger partial charge in [-0.05, 0) is 37.1 Å². The molecule has 3 N–H and O–H groups in total. The van der Waals surface area contributed by atoms with Gasteiger partial charge in [0.05, 0.1) is 0 Å². The Labute approximate surface area is 106 Å². The van der Waals surface area contributed by atoms with E-state index in [1.165, 1.54) is 19.3 Å². The van der Waals surface area contributed by atoms with Crippen molar-refractivity contribution in [1.82, 2.24) is 5.32 Å². The Morgan fingerprint density at radius 3 is 2.53 bits per heavy atom. The van der Waals surface area contributed by atoms with Crippen molar-refractivity contribution >= 4 is 5.91 Å². The standard InChI is InChI=1S/C14H28N2O/c1-10(2)12-6-4-5-7-13(12)16-14(17)8-11(3)9-15/h10-13H,4-9,15H2,1-3H3,(H,16,17). The number of hydrogen-bond donors (Lipinski definition) is 2. The van der Waals surface area contributed by atoms with Gasteiger partial charge in [-0.15, -0.1) is 0 Å². The quantitative estimate of drug-likeness (QED) is 0.774. The van der Waals surface area contributed by atoms with Gasteiger partial charge >= 0.3 is 0 Å². The zero-order valence-corrected chi connectivity index (χ0v) is 11.5. The van der Waals surface area contributed by atoms with Gasteiger partial charge in [-0.25, -0.2) is 0 Å². The topological polar surface area (TPSA) is 55.1 Å². The highest BCUT2D eigenvalue weighted by Gasteiger charge is 2.28. The predicted molar refractivity (Wildman–Crippen MR) is 71.6 cm³/mol. The molecule has 17 heavy (non-hydrogen) atoms. The second-order valence-corrected chi connectivity index (χ2v) is 5.91. The summed E-state index contributed by atoms with van der Waals surface area (Å²) < 4.78 is 0. The molecule has 1 saturated carbocycles. The van der Waals surface area contributed by atoms with Crippen LogP contribution in [-0.2, 0) is 4.79 Å². The minimum absolute atomic E-state index is 0.181. The number of amides is 1. The Morgan fingerprint density at radius 1 is 1.29 bits per heavy atom. The average molecular weight is 240 g/mol. The summed E-state index contributed by atoms with van der Waals surface area (Å²) in [6.07, 6.45) is 5.54. The van der Waals surface area contributed by atoms with E-state index in [0.717, 1.165) is 6.42 Å². The monoisotopic (exact) mass is 240 g/mol. The Bertz CT molecular complexity index is 240. The molecule has 1 aliphatic carbocycles. The van der Waals surface area contributed by atoms with Crippen molar-refractivity contribution in [2.45, 2.75) is 58.9 Å². The Kier molecular flexibility index (Phi) is 5.96. The van der Waals surface area contributed by atoms with Gasteiger partial charge in [-0.2, -0.15) is 0 Å². The molecule has 3 heteroatoms. The summed E-state index contributed by atoms with van der Waals surface area (Å²) in [6.45, 7) is 7.14. The van der Waals surface area contributed by atoms with Crippen molar-refractivity contribution < 1.29 is 4.79 Å². The van der Waals surface area contributed by atoms with Crippen LogP contribution in [0.3, 0.4) is 0 Å². The van der Waals surface area contributed by atoms with Crippen LogP contribution in [0, 0.1) is 17.8 Å². The van der Waals surface area contributed by atoms with Gasteiger partial charge in [0, 0.05) is 12.5 Å². The van der Waals surface area contributed by atoms with E-state index in [1.807, 2.05) is 6.92 Å². The van der Waals surface area contributed by atoms with Crippen LogP contribution < -0.4 is 11.1 Å². The van der Waals surface area contributed by atoms with Crippen LogP contribution in [-0.4, -0.2) is 18.5 Å². The molecular weight excluding hydrogens is 212 g/mol. The van der Waals surface area contributed by atoms with Gasteiger partial charge in [0.2, 0.25) is 5.91 Å². The highest BCUT2D eigenvalue weighted by atomic mass is 16.1. The summed E-state index contributed by atoms with van der Waals surface area (Å²) in [4.78, 5) is 11.9. The fraction of sp³-hybridized carbons (Fsp3) is 0.929. The molecule has 0 aliphatic heterocycles. The lowest BCUT2D eigenvalue weighted by molar-refractivity contribution is -0.123. The van der Waals surface area contributed by atoms with E-state index in [4.69, 9.17) is 5.73 Å². The van der Waals surface area contributed by atoms with E-state index in [2.05, 4.69) is 19.2 Å². The molecule has 0 bridgehead atoms. The third-order valence-corrected chi connectivity index (χ3v) is 3.96. The van der Waals surface area contributed by atoms with Crippen LogP contribution in [0.25, 0.3) is 0 Å². The number of nitrogens with two attached hydrogens (primary N) is 1. The number of carbonyl (C=O) groups is 1. The van der Waals surface area contributed by atoms with Crippen LogP contribution in [0.1, 0.15) is 52.9 Å². The summed E-state index contributed by atoms with van der Waals surface area (Å²) in [5.74, 6) is 1.78. The van der Waals surface area contributed by atoms with E-state index >= 15 is 0 Å². The average Bonchev–Trinajstić information content (AvgIpc) is 2.29. The molecule has 0 heterocycles. The Morgan fingerprint density at radius 2 is 1.94 bits per heavy atom. The summed E-state index contributed by atoms with van der Waals surface area (Å²) in [5, 5.41) is 3.22. The minimum atomic E-state index is 0.181. The molecule has 1 fully saturated rings. The lowest BCUT2D eigenvalue weighted by Crippen LogP contribution is -2.44. The van der Waals surface area contributed by atoms with Crippen molar-refractivity contribution in [3.8, 4) is 0 Å². The van der Waals surface area contributed by atoms with Gasteiger partial charge in [-0.3, -0.25) is 4.79 Å². The number of carbonyl (C=O) groups excluding carboxylic acids is 1. The molecule has 0 radical (unpaired) electrons. The Hall–Kier alpha value is -0.570. The third kappa shape index (κ3) is 4.66. The molecule has 0 aromatic carbocycles. The van der Waals surface area contributed by atoms with Crippen molar-refractivity contribution in [3.63, 3.8) is 0 Å². The van der Waals surface area contributed by atoms with Crippen molar-refractivity contribution in [2.24, 2.45) is 23.5 Å². The molecule has 1 aliphatic rings. The van der Waals surface area contributed by atoms with Crippen LogP contribution in [0.15, 0.2) is 0 Å². The van der Waals surface area contributed by atoms with E-state index in [-0.39, 0.29) is 11.8 Å². The zero-order valence-electron chi connectivity index (χ0n) is 11.5. The number of hydrogen-bond acceptors (Lipinski definition) is 2. The molecular formula is C14H28N2O. The van der Waals surface area contributed by atoms with Crippen LogP contribution in [0.5, 0.6) is 0 Å². The molecule has 1 amide bonds. The number of nitrogens with one attached hydrogen (secondary N) is 1. The van der Waals surface area contributed by atoms with Crippen molar-refractivity contribution in [3.05, 3.63) is 0 Å². The van der Waals surface area contributed by atoms with Gasteiger partial charge in [0.15, 0.2) is 0 Å². The van der Waals surface area contributed by atoms with Gasteiger partial charge in [0.1, 0.15) is 0 Å². The molecule has 0 aromatic rings. The maximum absolute atomic E-state index is 11.9. The van der Waals surface area contributed by atoms with Gasteiger partial charge < -0.3 is 11.1 Å². The van der Waals surface area contributed by atoms with Crippen molar-refractivity contribution in [2.75, 3.05) is 6.54 Å². The molecule has 1 rings (SSSR count). The summed E-state index contributed by atoms with van der Waals surface area (Å²) >= 11 is 0. The van der Waals surface area contributed by atoms with E-state index < -0.39 is 0 Å². The highest BCUT2D eigenvalue weighted by Crippen LogP contribution is 2.30. The molecule has 3 atom stereocenters. The van der Waals surface area contributed by atoms with Crippen LogP contribution in [0.4, 0.5) is 0 Å². The smallest absolute Gasteiger partial charge is 0.220 e. The molecule has 0 saturated heterocycles. The lowest BCUT2D eigenvalue weighted by Gasteiger charge is -2.35. The minimum Gasteiger partial charge on any atom is -0.353 e. The van der Waals surface area contributed by atoms with E-state index in [1.54, 1.807) is 0 Å². The predicted octanol–water partition coefficient (Wildman–Crippen LogP) is 2.30. The maximum Gasteiger partial charge on any atom is 0.220 e. The maximum atomic E-state index is 11.9. The zero-order chi connectivity index (χ0) is 12.8. The van der Waals surface area contributed by atoms with Gasteiger partial charge in [-0.1, -0.05) is 33.6 Å². The first-order valence-electron chi connectivity index (χ1n) is 7.04. The highest BCUT2D eigenvalue weighted by molar-refractivity contribution is 5.76. The summed E-state index contributed by atoms with van der Waals surface area (Å²) in [5.41, 5.74) is 5.55. The second-order valence-electron chi connectivity index (χ2n) is 5.91. The SMILES string of the molecule is CC(CN)CC(=O)NC1CCCCC1C(C)C. The molecule has 0 spiro atoms. The first-order valence-corrected chi connectivity index (χ1v) is 7.04. The fourth-order valence-electron chi connectivity index (χ4n) is 2.80. The third-order valence-electron chi connectivity index (χ3n) is 3.96. The second kappa shape index (κ2) is 7.00.